The number of hydrogen-bond acceptors (Lipinski definition) is 10. The highest BCUT2D eigenvalue weighted by molar-refractivity contribution is 6.16. The van der Waals surface area contributed by atoms with E-state index in [1.807, 2.05) is 57.3 Å². The molecule has 4 aromatic rings. The van der Waals surface area contributed by atoms with Gasteiger partial charge in [0.05, 0.1) is 74.3 Å². The Kier molecular flexibility index (Phi) is 9.61. The smallest absolute Gasteiger partial charge is 0.411 e. The van der Waals surface area contributed by atoms with E-state index in [2.05, 4.69) is 10.3 Å². The van der Waals surface area contributed by atoms with Gasteiger partial charge < -0.3 is 23.7 Å². The first kappa shape index (κ1) is 36.6. The molecule has 0 aromatic heterocycles. The second kappa shape index (κ2) is 14.7. The molecule has 4 aliphatic rings. The highest BCUT2D eigenvalue weighted by Gasteiger charge is 2.38. The van der Waals surface area contributed by atoms with Crippen molar-refractivity contribution in [2.24, 2.45) is 15.4 Å². The molecule has 13 heteroatoms. The average molecular weight is 758 g/mol. The van der Waals surface area contributed by atoms with Crippen LogP contribution in [0.5, 0.6) is 23.0 Å². The van der Waals surface area contributed by atoms with Crippen LogP contribution in [0.3, 0.4) is 0 Å². The number of ether oxygens (including phenoxy) is 5. The maximum atomic E-state index is 14.1. The molecular formula is C43H43N5O8. The second-order valence-electron chi connectivity index (χ2n) is 15.3. The van der Waals surface area contributed by atoms with Crippen LogP contribution >= 0.6 is 0 Å². The third-order valence-corrected chi connectivity index (χ3v) is 10.0. The van der Waals surface area contributed by atoms with Crippen molar-refractivity contribution in [3.8, 4) is 23.0 Å². The first-order valence-corrected chi connectivity index (χ1v) is 18.6. The number of amides is 3. The van der Waals surface area contributed by atoms with E-state index >= 15 is 0 Å². The Morgan fingerprint density at radius 2 is 1.29 bits per heavy atom. The van der Waals surface area contributed by atoms with Crippen LogP contribution < -0.4 is 34.1 Å². The van der Waals surface area contributed by atoms with Crippen molar-refractivity contribution in [2.75, 3.05) is 49.2 Å². The quantitative estimate of drug-likeness (QED) is 0.162. The van der Waals surface area contributed by atoms with E-state index in [9.17, 15) is 14.4 Å². The molecule has 3 amide bonds. The summed E-state index contributed by atoms with van der Waals surface area (Å²) in [5.74, 6) is 1.37. The average Bonchev–Trinajstić information content (AvgIpc) is 3.67. The van der Waals surface area contributed by atoms with Crippen LogP contribution in [0.25, 0.3) is 0 Å². The number of carbonyl (C=O) groups excluding carboxylic acids is 3. The molecule has 4 heterocycles. The number of aliphatic imine (C=N–C) groups is 2. The fourth-order valence-corrected chi connectivity index (χ4v) is 7.36. The van der Waals surface area contributed by atoms with Gasteiger partial charge in [-0.3, -0.25) is 34.7 Å². The lowest BCUT2D eigenvalue weighted by molar-refractivity contribution is 0.0978. The summed E-state index contributed by atoms with van der Waals surface area (Å²) in [4.78, 5) is 53.2. The van der Waals surface area contributed by atoms with Gasteiger partial charge in [-0.15, -0.1) is 0 Å². The molecule has 0 unspecified atom stereocenters. The molecule has 1 N–H and O–H groups in total. The van der Waals surface area contributed by atoms with Gasteiger partial charge in [0.15, 0.2) is 23.0 Å². The molecule has 0 fully saturated rings. The molecule has 56 heavy (non-hydrogen) atoms. The number of anilines is 3. The normalized spacial score (nSPS) is 17.4. The van der Waals surface area contributed by atoms with Crippen molar-refractivity contribution in [2.45, 2.75) is 52.1 Å². The van der Waals surface area contributed by atoms with E-state index in [0.717, 1.165) is 16.8 Å². The molecule has 0 spiro atoms. The Hall–Kier alpha value is -6.37. The summed E-state index contributed by atoms with van der Waals surface area (Å²) < 4.78 is 28.9. The zero-order chi connectivity index (χ0) is 39.1. The van der Waals surface area contributed by atoms with Gasteiger partial charge in [0, 0.05) is 55.2 Å². The Morgan fingerprint density at radius 1 is 0.732 bits per heavy atom. The molecule has 4 aliphatic heterocycles. The molecular weight excluding hydrogens is 714 g/mol. The SMILES string of the molecule is COc1cc2c(cc1OCCCOc1cc3c(cc1OC)C(=O)N1c4cc(NC(=O)OCC(C)(C)C)ccc4C[C@H]1C=N3)N=C[C@@H]1Cc3ccccc3N1C2=O. The summed E-state index contributed by atoms with van der Waals surface area (Å²) in [6, 6.07) is 19.8. The van der Waals surface area contributed by atoms with Crippen molar-refractivity contribution >= 4 is 58.8 Å². The van der Waals surface area contributed by atoms with Gasteiger partial charge in [0.25, 0.3) is 11.8 Å². The van der Waals surface area contributed by atoms with E-state index < -0.39 is 6.09 Å². The van der Waals surface area contributed by atoms with Gasteiger partial charge in [-0.1, -0.05) is 45.0 Å². The summed E-state index contributed by atoms with van der Waals surface area (Å²) in [5, 5.41) is 2.78. The number of hydrogen-bond donors (Lipinski definition) is 1. The number of methoxy groups -OCH3 is 2. The number of fused-ring (bicyclic) bond motifs is 8. The molecule has 8 rings (SSSR count). The Balaban J connectivity index is 0.919. The minimum Gasteiger partial charge on any atom is -0.493 e. The van der Waals surface area contributed by atoms with Crippen molar-refractivity contribution in [3.05, 3.63) is 89.0 Å². The van der Waals surface area contributed by atoms with E-state index in [0.29, 0.717) is 82.7 Å². The summed E-state index contributed by atoms with van der Waals surface area (Å²) in [6.07, 6.45) is 4.84. The van der Waals surface area contributed by atoms with Crippen LogP contribution in [-0.4, -0.2) is 76.5 Å². The minimum atomic E-state index is -0.555. The largest absolute Gasteiger partial charge is 0.493 e. The standard InChI is InChI=1S/C43H43N5O8/c1-43(2,3)24-56-42(51)46-27-12-11-26-16-29-23-45-33-21-39(37(53-5)19-31(33)41(50)48(29)35(26)17-27)55-14-8-13-54-38-20-32-30(18-36(38)52-4)40(49)47-28(22-44-32)15-25-9-6-7-10-34(25)47/h6-7,9-12,17-23,28-29H,8,13-16,24H2,1-5H3,(H,46,51)/t28-,29-/m0/s1. The monoisotopic (exact) mass is 757 g/mol. The number of nitrogens with one attached hydrogen (secondary N) is 1. The van der Waals surface area contributed by atoms with Crippen LogP contribution in [0, 0.1) is 5.41 Å². The number of rotatable bonds is 10. The zero-order valence-electron chi connectivity index (χ0n) is 32.0. The number of benzene rings is 4. The van der Waals surface area contributed by atoms with E-state index in [4.69, 9.17) is 28.7 Å². The summed E-state index contributed by atoms with van der Waals surface area (Å²) in [5.41, 5.74) is 5.85. The topological polar surface area (TPSA) is 141 Å². The van der Waals surface area contributed by atoms with Gasteiger partial charge in [-0.05, 0) is 46.9 Å². The minimum absolute atomic E-state index is 0.131. The van der Waals surface area contributed by atoms with Gasteiger partial charge >= 0.3 is 6.09 Å². The maximum absolute atomic E-state index is 14.1. The molecule has 288 valence electrons. The van der Waals surface area contributed by atoms with Gasteiger partial charge in [0.1, 0.15) is 0 Å². The molecule has 0 aliphatic carbocycles. The number of carbonyl (C=O) groups is 3. The lowest BCUT2D eigenvalue weighted by Gasteiger charge is -2.22. The van der Waals surface area contributed by atoms with Crippen molar-refractivity contribution in [1.82, 2.24) is 0 Å². The molecule has 4 aromatic carbocycles. The van der Waals surface area contributed by atoms with Crippen LogP contribution in [0.2, 0.25) is 0 Å². The van der Waals surface area contributed by atoms with Crippen molar-refractivity contribution < 1.29 is 38.1 Å². The first-order chi connectivity index (χ1) is 27.0. The molecule has 0 radical (unpaired) electrons. The summed E-state index contributed by atoms with van der Waals surface area (Å²) in [7, 11) is 3.06. The number of nitrogens with zero attached hydrogens (tertiary/aromatic N) is 4. The van der Waals surface area contributed by atoms with Crippen LogP contribution in [0.4, 0.5) is 33.2 Å². The maximum Gasteiger partial charge on any atom is 0.411 e. The third kappa shape index (κ3) is 7.00. The Bertz CT molecular complexity index is 2300. The molecule has 0 bridgehead atoms. The van der Waals surface area contributed by atoms with E-state index in [-0.39, 0.29) is 42.5 Å². The lowest BCUT2D eigenvalue weighted by atomic mass is 9.99. The first-order valence-electron chi connectivity index (χ1n) is 18.6. The summed E-state index contributed by atoms with van der Waals surface area (Å²) in [6.45, 7) is 6.80. The van der Waals surface area contributed by atoms with E-state index in [1.165, 1.54) is 7.11 Å². The van der Waals surface area contributed by atoms with Gasteiger partial charge in [-0.25, -0.2) is 4.79 Å². The third-order valence-electron chi connectivity index (χ3n) is 10.0. The Labute approximate surface area is 324 Å². The van der Waals surface area contributed by atoms with Crippen molar-refractivity contribution in [1.29, 1.82) is 0 Å². The van der Waals surface area contributed by atoms with Crippen LogP contribution in [0.1, 0.15) is 59.0 Å². The summed E-state index contributed by atoms with van der Waals surface area (Å²) >= 11 is 0. The van der Waals surface area contributed by atoms with Crippen molar-refractivity contribution in [3.63, 3.8) is 0 Å². The van der Waals surface area contributed by atoms with Crippen LogP contribution in [0.15, 0.2) is 76.7 Å². The second-order valence-corrected chi connectivity index (χ2v) is 15.3. The molecule has 0 saturated carbocycles. The fourth-order valence-electron chi connectivity index (χ4n) is 7.36. The molecule has 0 saturated heterocycles. The van der Waals surface area contributed by atoms with Crippen LogP contribution in [-0.2, 0) is 17.6 Å². The molecule has 13 nitrogen and oxygen atoms in total. The Morgan fingerprint density at radius 3 is 1.86 bits per heavy atom. The zero-order valence-corrected chi connectivity index (χ0v) is 32.0. The predicted molar refractivity (Wildman–Crippen MR) is 214 cm³/mol. The van der Waals surface area contributed by atoms with Gasteiger partial charge in [0.2, 0.25) is 0 Å². The highest BCUT2D eigenvalue weighted by Crippen LogP contribution is 2.43. The number of para-hydroxylation sites is 1. The van der Waals surface area contributed by atoms with E-state index in [1.54, 1.807) is 59.5 Å². The molecule has 2 atom stereocenters. The highest BCUT2D eigenvalue weighted by atomic mass is 16.5. The lowest BCUT2D eigenvalue weighted by Crippen LogP contribution is -2.37. The predicted octanol–water partition coefficient (Wildman–Crippen LogP) is 7.72. The fraction of sp³-hybridized carbons (Fsp3) is 0.326. The van der Waals surface area contributed by atoms with Gasteiger partial charge in [-0.2, -0.15) is 0 Å².